The Morgan fingerprint density at radius 1 is 1.23 bits per heavy atom. The van der Waals surface area contributed by atoms with Crippen LogP contribution in [0.15, 0.2) is 45.8 Å². The summed E-state index contributed by atoms with van der Waals surface area (Å²) in [6.07, 6.45) is -4.24. The number of hydrogen-bond donors (Lipinski definition) is 0. The average molecular weight is 466 g/mol. The molecule has 2 aliphatic rings. The lowest BCUT2D eigenvalue weighted by molar-refractivity contribution is -0.106. The van der Waals surface area contributed by atoms with Gasteiger partial charge in [0.05, 0.1) is 22.3 Å². The highest BCUT2D eigenvalue weighted by Crippen LogP contribution is 2.39. The predicted molar refractivity (Wildman–Crippen MR) is 106 cm³/mol. The van der Waals surface area contributed by atoms with Gasteiger partial charge in [-0.25, -0.2) is 16.8 Å². The summed E-state index contributed by atoms with van der Waals surface area (Å²) < 4.78 is 92.5. The summed E-state index contributed by atoms with van der Waals surface area (Å²) >= 11 is 0. The molecule has 0 bridgehead atoms. The van der Waals surface area contributed by atoms with Gasteiger partial charge in [-0.1, -0.05) is 12.1 Å². The molecule has 2 unspecified atom stereocenters. The van der Waals surface area contributed by atoms with Gasteiger partial charge in [-0.3, -0.25) is 4.99 Å². The minimum atomic E-state index is -4.88. The molecule has 0 aliphatic carbocycles. The lowest BCUT2D eigenvalue weighted by Crippen LogP contribution is -2.45. The summed E-state index contributed by atoms with van der Waals surface area (Å²) in [5.74, 6) is -1.99. The van der Waals surface area contributed by atoms with Gasteiger partial charge >= 0.3 is 6.18 Å². The van der Waals surface area contributed by atoms with E-state index in [1.165, 1.54) is 6.07 Å². The maximum Gasteiger partial charge on any atom is 0.403 e. The molecule has 30 heavy (non-hydrogen) atoms. The number of hydrogen-bond acceptors (Lipinski definition) is 6. The maximum atomic E-state index is 13.3. The zero-order valence-electron chi connectivity index (χ0n) is 16.4. The molecule has 0 spiro atoms. The Morgan fingerprint density at radius 3 is 2.57 bits per heavy atom. The number of benzene rings is 1. The van der Waals surface area contributed by atoms with Crippen molar-refractivity contribution in [1.82, 2.24) is 0 Å². The van der Waals surface area contributed by atoms with E-state index in [0.29, 0.717) is 5.57 Å². The number of aliphatic imine (C=N–C) groups is 1. The van der Waals surface area contributed by atoms with E-state index >= 15 is 0 Å². The molecule has 11 heteroatoms. The fourth-order valence-electron chi connectivity index (χ4n) is 3.61. The first kappa shape index (κ1) is 23.0. The highest BCUT2D eigenvalue weighted by Gasteiger charge is 2.46. The van der Waals surface area contributed by atoms with Crippen LogP contribution in [0.3, 0.4) is 0 Å². The third-order valence-corrected chi connectivity index (χ3v) is 9.46. The Kier molecular flexibility index (Phi) is 5.94. The van der Waals surface area contributed by atoms with Crippen LogP contribution in [0.5, 0.6) is 0 Å². The molecule has 1 aromatic rings. The fraction of sp³-hybridized carbons (Fsp3) is 0.526. The molecule has 0 radical (unpaired) electrons. The number of halogens is 3. The van der Waals surface area contributed by atoms with E-state index in [0.717, 1.165) is 11.6 Å². The largest absolute Gasteiger partial charge is 0.403 e. The van der Waals surface area contributed by atoms with E-state index in [9.17, 15) is 30.0 Å². The molecule has 2 heterocycles. The molecule has 0 aromatic heterocycles. The molecule has 1 saturated heterocycles. The van der Waals surface area contributed by atoms with Crippen molar-refractivity contribution >= 4 is 24.7 Å². The van der Waals surface area contributed by atoms with Gasteiger partial charge < -0.3 is 4.74 Å². The van der Waals surface area contributed by atoms with Crippen LogP contribution in [0.25, 0.3) is 0 Å². The highest BCUT2D eigenvalue weighted by atomic mass is 32.2. The van der Waals surface area contributed by atoms with Crippen molar-refractivity contribution in [3.63, 3.8) is 0 Å². The summed E-state index contributed by atoms with van der Waals surface area (Å²) in [7, 11) is -8.34. The highest BCUT2D eigenvalue weighted by molar-refractivity contribution is 8.06. The van der Waals surface area contributed by atoms with Gasteiger partial charge in [0.25, 0.3) is 0 Å². The first-order valence-corrected chi connectivity index (χ1v) is 12.3. The molecule has 0 N–H and O–H groups in total. The number of alkyl halides is 3. The van der Waals surface area contributed by atoms with Gasteiger partial charge in [0.15, 0.2) is 20.6 Å². The Hall–Kier alpha value is -1.72. The van der Waals surface area contributed by atoms with Crippen LogP contribution in [0.4, 0.5) is 13.2 Å². The Morgan fingerprint density at radius 2 is 1.93 bits per heavy atom. The third kappa shape index (κ3) is 4.62. The minimum Gasteiger partial charge on any atom is -0.374 e. The van der Waals surface area contributed by atoms with E-state index in [1.807, 2.05) is 0 Å². The second-order valence-electron chi connectivity index (χ2n) is 7.83. The molecular formula is C19H22F3NO5S2. The van der Waals surface area contributed by atoms with Crippen molar-refractivity contribution in [3.8, 4) is 0 Å². The normalized spacial score (nSPS) is 25.7. The SMILES string of the molecule is Cc1cccc(S(=O)(=O)C2(C)CCOC(C3=CC(S(=O)(=O)CC(F)(F)F)=NC3)C2)c1. The van der Waals surface area contributed by atoms with Crippen LogP contribution in [-0.2, 0) is 24.4 Å². The summed E-state index contributed by atoms with van der Waals surface area (Å²) in [5, 5.41) is -0.646. The van der Waals surface area contributed by atoms with Crippen LogP contribution in [0.1, 0.15) is 25.3 Å². The van der Waals surface area contributed by atoms with E-state index in [1.54, 1.807) is 32.0 Å². The van der Waals surface area contributed by atoms with Crippen molar-refractivity contribution in [2.24, 2.45) is 4.99 Å². The van der Waals surface area contributed by atoms with E-state index in [-0.39, 0.29) is 30.9 Å². The number of nitrogens with zero attached hydrogens (tertiary/aromatic N) is 1. The van der Waals surface area contributed by atoms with Crippen LogP contribution in [-0.4, -0.2) is 57.8 Å². The zero-order valence-corrected chi connectivity index (χ0v) is 18.1. The first-order chi connectivity index (χ1) is 13.7. The van der Waals surface area contributed by atoms with Gasteiger partial charge in [-0.2, -0.15) is 13.2 Å². The topological polar surface area (TPSA) is 89.9 Å². The quantitative estimate of drug-likeness (QED) is 0.682. The molecule has 2 aliphatic heterocycles. The maximum absolute atomic E-state index is 13.3. The molecule has 0 amide bonds. The molecule has 2 atom stereocenters. The fourth-order valence-corrected chi connectivity index (χ4v) is 6.67. The molecule has 3 rings (SSSR count). The van der Waals surface area contributed by atoms with Gasteiger partial charge in [-0.05, 0) is 56.0 Å². The van der Waals surface area contributed by atoms with Gasteiger partial charge in [0, 0.05) is 6.61 Å². The van der Waals surface area contributed by atoms with Crippen molar-refractivity contribution in [3.05, 3.63) is 41.5 Å². The Bertz CT molecular complexity index is 1110. The second-order valence-corrected chi connectivity index (χ2v) is 12.2. The Labute approximate surface area is 173 Å². The average Bonchev–Trinajstić information content (AvgIpc) is 3.11. The van der Waals surface area contributed by atoms with Crippen molar-refractivity contribution in [2.75, 3.05) is 18.9 Å². The van der Waals surface area contributed by atoms with Gasteiger partial charge in [-0.15, -0.1) is 0 Å². The van der Waals surface area contributed by atoms with Gasteiger partial charge in [0.2, 0.25) is 9.84 Å². The van der Waals surface area contributed by atoms with Gasteiger partial charge in [0.1, 0.15) is 0 Å². The lowest BCUT2D eigenvalue weighted by Gasteiger charge is -2.38. The molecule has 166 valence electrons. The van der Waals surface area contributed by atoms with Crippen molar-refractivity contribution in [2.45, 2.75) is 48.6 Å². The number of aryl methyl sites for hydroxylation is 1. The zero-order chi connectivity index (χ0) is 22.4. The summed E-state index contributed by atoms with van der Waals surface area (Å²) in [6, 6.07) is 6.56. The monoisotopic (exact) mass is 465 g/mol. The number of rotatable bonds is 4. The van der Waals surface area contributed by atoms with Crippen LogP contribution in [0.2, 0.25) is 0 Å². The molecule has 1 aromatic carbocycles. The van der Waals surface area contributed by atoms with E-state index in [4.69, 9.17) is 4.74 Å². The van der Waals surface area contributed by atoms with Crippen molar-refractivity contribution < 1.29 is 34.7 Å². The first-order valence-electron chi connectivity index (χ1n) is 9.21. The molecule has 1 fully saturated rings. The van der Waals surface area contributed by atoms with Crippen LogP contribution >= 0.6 is 0 Å². The molecular weight excluding hydrogens is 443 g/mol. The summed E-state index contributed by atoms with van der Waals surface area (Å²) in [6.45, 7) is 3.38. The summed E-state index contributed by atoms with van der Waals surface area (Å²) in [5.41, 5.74) is 1.16. The van der Waals surface area contributed by atoms with Crippen LogP contribution in [0, 0.1) is 6.92 Å². The minimum absolute atomic E-state index is 0.0528. The van der Waals surface area contributed by atoms with E-state index in [2.05, 4.69) is 4.99 Å². The van der Waals surface area contributed by atoms with E-state index < -0.39 is 47.5 Å². The van der Waals surface area contributed by atoms with Crippen LogP contribution < -0.4 is 0 Å². The summed E-state index contributed by atoms with van der Waals surface area (Å²) in [4.78, 5) is 3.93. The predicted octanol–water partition coefficient (Wildman–Crippen LogP) is 3.02. The molecule has 0 saturated carbocycles. The Balaban J connectivity index is 1.83. The lowest BCUT2D eigenvalue weighted by atomic mass is 9.92. The third-order valence-electron chi connectivity index (χ3n) is 5.33. The number of ether oxygens (including phenoxy) is 1. The second kappa shape index (κ2) is 7.76. The smallest absolute Gasteiger partial charge is 0.374 e. The molecule has 6 nitrogen and oxygen atoms in total. The van der Waals surface area contributed by atoms with Crippen molar-refractivity contribution in [1.29, 1.82) is 0 Å². The number of sulfone groups is 2. The standard InChI is InChI=1S/C19H22F3NO5S2/c1-13-4-3-5-15(8-13)30(26,27)18(2)6-7-28-16(10-18)14-9-17(23-11-14)29(24,25)12-19(20,21)22/h3-5,8-9,16H,6-7,10-12H2,1-2H3.